The van der Waals surface area contributed by atoms with Gasteiger partial charge in [0, 0.05) is 30.8 Å². The summed E-state index contributed by atoms with van der Waals surface area (Å²) in [6.45, 7) is 3.76. The number of amides is 1. The number of non-ortho nitro benzene ring substituents is 1. The molecule has 2 aromatic carbocycles. The average Bonchev–Trinajstić information content (AvgIpc) is 3.42. The first-order valence-electron chi connectivity index (χ1n) is 10.0. The molecule has 0 bridgehead atoms. The van der Waals surface area contributed by atoms with Crippen LogP contribution < -0.4 is 10.3 Å². The lowest BCUT2D eigenvalue weighted by Gasteiger charge is -2.20. The molecule has 9 heteroatoms. The minimum atomic E-state index is -0.538. The minimum absolute atomic E-state index is 0.145. The first kappa shape index (κ1) is 20.3. The highest BCUT2D eigenvalue weighted by Crippen LogP contribution is 2.29. The number of nitro groups is 1. The van der Waals surface area contributed by atoms with Gasteiger partial charge in [0.25, 0.3) is 11.6 Å². The van der Waals surface area contributed by atoms with E-state index in [2.05, 4.69) is 15.4 Å². The van der Waals surface area contributed by atoms with Crippen molar-refractivity contribution >= 4 is 23.6 Å². The van der Waals surface area contributed by atoms with Crippen molar-refractivity contribution < 1.29 is 9.72 Å². The van der Waals surface area contributed by atoms with Gasteiger partial charge in [0.15, 0.2) is 0 Å². The van der Waals surface area contributed by atoms with Crippen LogP contribution >= 0.6 is 0 Å². The van der Waals surface area contributed by atoms with Gasteiger partial charge in [0.2, 0.25) is 0 Å². The van der Waals surface area contributed by atoms with E-state index in [4.69, 9.17) is 5.10 Å². The van der Waals surface area contributed by atoms with Crippen LogP contribution in [0.1, 0.15) is 34.5 Å². The number of carbonyl (C=O) groups is 1. The van der Waals surface area contributed by atoms with E-state index in [0.29, 0.717) is 0 Å². The summed E-state index contributed by atoms with van der Waals surface area (Å²) in [6, 6.07) is 15.4. The Kier molecular flexibility index (Phi) is 5.74. The predicted octanol–water partition coefficient (Wildman–Crippen LogP) is 3.45. The highest BCUT2D eigenvalue weighted by atomic mass is 16.6. The molecule has 0 atom stereocenters. The Morgan fingerprint density at radius 2 is 1.90 bits per heavy atom. The molecule has 1 aliphatic heterocycles. The topological polar surface area (TPSA) is 106 Å². The van der Waals surface area contributed by atoms with Crippen molar-refractivity contribution in [1.82, 2.24) is 15.2 Å². The lowest BCUT2D eigenvalue weighted by atomic mass is 10.2. The normalized spacial score (nSPS) is 13.6. The number of benzene rings is 2. The molecule has 1 N–H and O–H groups in total. The number of hydrogen-bond donors (Lipinski definition) is 1. The van der Waals surface area contributed by atoms with Crippen LogP contribution in [0.2, 0.25) is 0 Å². The maximum absolute atomic E-state index is 12.4. The van der Waals surface area contributed by atoms with Gasteiger partial charge in [-0.2, -0.15) is 10.2 Å². The molecule has 1 amide bonds. The van der Waals surface area contributed by atoms with Gasteiger partial charge in [-0.05, 0) is 38.0 Å². The largest absolute Gasteiger partial charge is 0.356 e. The molecule has 158 valence electrons. The highest BCUT2D eigenvalue weighted by Gasteiger charge is 2.23. The number of nitrogens with one attached hydrogen (secondary N) is 1. The number of aryl methyl sites for hydroxylation is 1. The minimum Gasteiger partial charge on any atom is -0.356 e. The lowest BCUT2D eigenvalue weighted by Crippen LogP contribution is -2.23. The van der Waals surface area contributed by atoms with Crippen LogP contribution in [0.5, 0.6) is 0 Å². The third-order valence-corrected chi connectivity index (χ3v) is 5.17. The van der Waals surface area contributed by atoms with Gasteiger partial charge in [-0.1, -0.05) is 24.3 Å². The van der Waals surface area contributed by atoms with E-state index in [9.17, 15) is 14.9 Å². The Balaban J connectivity index is 1.61. The molecule has 2 heterocycles. The Labute approximate surface area is 179 Å². The van der Waals surface area contributed by atoms with Gasteiger partial charge in [0.1, 0.15) is 5.82 Å². The molecule has 3 aromatic rings. The second-order valence-electron chi connectivity index (χ2n) is 7.27. The highest BCUT2D eigenvalue weighted by molar-refractivity contribution is 5.96. The number of rotatable bonds is 6. The van der Waals surface area contributed by atoms with Gasteiger partial charge in [-0.15, -0.1) is 0 Å². The predicted molar refractivity (Wildman–Crippen MR) is 118 cm³/mol. The smallest absolute Gasteiger partial charge is 0.271 e. The van der Waals surface area contributed by atoms with Gasteiger partial charge in [0.05, 0.1) is 28.1 Å². The summed E-state index contributed by atoms with van der Waals surface area (Å²) in [6.07, 6.45) is 3.81. The number of anilines is 1. The van der Waals surface area contributed by atoms with Crippen LogP contribution in [0, 0.1) is 17.0 Å². The fraction of sp³-hybridized carbons (Fsp3) is 0.227. The molecule has 9 nitrogen and oxygen atoms in total. The summed E-state index contributed by atoms with van der Waals surface area (Å²) in [5.74, 6) is 0.422. The fourth-order valence-corrected chi connectivity index (χ4v) is 3.64. The summed E-state index contributed by atoms with van der Waals surface area (Å²) in [7, 11) is 0. The third-order valence-electron chi connectivity index (χ3n) is 5.17. The summed E-state index contributed by atoms with van der Waals surface area (Å²) in [4.78, 5) is 25.0. The SMILES string of the molecule is Cc1nn(-c2ccccc2)c(N2CCCC2)c1C=NNC(=O)c1cccc([N+](=O)[O-])c1. The van der Waals surface area contributed by atoms with Gasteiger partial charge >= 0.3 is 0 Å². The molecule has 31 heavy (non-hydrogen) atoms. The van der Waals surface area contributed by atoms with E-state index in [0.717, 1.165) is 48.7 Å². The van der Waals surface area contributed by atoms with Crippen molar-refractivity contribution in [3.63, 3.8) is 0 Å². The molecular formula is C22H22N6O3. The summed E-state index contributed by atoms with van der Waals surface area (Å²) in [5.41, 5.74) is 5.05. The number of aromatic nitrogens is 2. The Morgan fingerprint density at radius 3 is 2.61 bits per heavy atom. The molecule has 0 unspecified atom stereocenters. The number of hydrogen-bond acceptors (Lipinski definition) is 6. The maximum atomic E-state index is 12.4. The molecule has 0 spiro atoms. The molecule has 1 fully saturated rings. The quantitative estimate of drug-likeness (QED) is 0.375. The van der Waals surface area contributed by atoms with E-state index in [1.807, 2.05) is 41.9 Å². The fourth-order valence-electron chi connectivity index (χ4n) is 3.64. The molecule has 0 aliphatic carbocycles. The first-order chi connectivity index (χ1) is 15.0. The second-order valence-corrected chi connectivity index (χ2v) is 7.27. The van der Waals surface area contributed by atoms with Crippen LogP contribution in [0.15, 0.2) is 59.7 Å². The molecule has 1 saturated heterocycles. The van der Waals surface area contributed by atoms with Crippen LogP contribution in [0.25, 0.3) is 5.69 Å². The van der Waals surface area contributed by atoms with Crippen LogP contribution in [0.4, 0.5) is 11.5 Å². The first-order valence-corrected chi connectivity index (χ1v) is 10.0. The molecule has 4 rings (SSSR count). The zero-order chi connectivity index (χ0) is 21.8. The van der Waals surface area contributed by atoms with Gasteiger partial charge in [-0.3, -0.25) is 14.9 Å². The number of hydrazone groups is 1. The van der Waals surface area contributed by atoms with Gasteiger partial charge in [-0.25, -0.2) is 10.1 Å². The zero-order valence-electron chi connectivity index (χ0n) is 17.1. The van der Waals surface area contributed by atoms with Crippen LogP contribution in [-0.4, -0.2) is 39.9 Å². The maximum Gasteiger partial charge on any atom is 0.271 e. The number of nitro benzene ring substituents is 1. The summed E-state index contributed by atoms with van der Waals surface area (Å²) >= 11 is 0. The average molecular weight is 418 g/mol. The van der Waals surface area contributed by atoms with Crippen molar-refractivity contribution in [1.29, 1.82) is 0 Å². The monoisotopic (exact) mass is 418 g/mol. The zero-order valence-corrected chi connectivity index (χ0v) is 17.1. The summed E-state index contributed by atoms with van der Waals surface area (Å²) in [5, 5.41) is 19.8. The van der Waals surface area contributed by atoms with Gasteiger partial charge < -0.3 is 4.90 Å². The molecular weight excluding hydrogens is 396 g/mol. The van der Waals surface area contributed by atoms with Crippen molar-refractivity contribution in [2.45, 2.75) is 19.8 Å². The van der Waals surface area contributed by atoms with E-state index in [-0.39, 0.29) is 11.3 Å². The van der Waals surface area contributed by atoms with Crippen molar-refractivity contribution in [2.24, 2.45) is 5.10 Å². The Morgan fingerprint density at radius 1 is 1.16 bits per heavy atom. The summed E-state index contributed by atoms with van der Waals surface area (Å²) < 4.78 is 1.91. The lowest BCUT2D eigenvalue weighted by molar-refractivity contribution is -0.384. The Hall–Kier alpha value is -4.01. The van der Waals surface area contributed by atoms with E-state index in [1.54, 1.807) is 6.21 Å². The van der Waals surface area contributed by atoms with E-state index in [1.165, 1.54) is 24.3 Å². The van der Waals surface area contributed by atoms with Crippen molar-refractivity contribution in [2.75, 3.05) is 18.0 Å². The Bertz CT molecular complexity index is 1130. The molecule has 0 radical (unpaired) electrons. The third kappa shape index (κ3) is 4.30. The van der Waals surface area contributed by atoms with E-state index >= 15 is 0 Å². The van der Waals surface area contributed by atoms with E-state index < -0.39 is 10.8 Å². The molecule has 1 aliphatic rings. The number of para-hydroxylation sites is 1. The standard InChI is InChI=1S/C22H22N6O3/c1-16-20(15-23-24-21(29)17-8-7-11-19(14-17)28(30)31)22(26-12-5-6-13-26)27(25-16)18-9-3-2-4-10-18/h2-4,7-11,14-15H,5-6,12-13H2,1H3,(H,24,29). The van der Waals surface area contributed by atoms with Crippen molar-refractivity contribution in [3.8, 4) is 5.69 Å². The molecule has 1 aromatic heterocycles. The second kappa shape index (κ2) is 8.78. The van der Waals surface area contributed by atoms with Crippen molar-refractivity contribution in [3.05, 3.63) is 81.5 Å². The molecule has 0 saturated carbocycles. The number of nitrogens with zero attached hydrogens (tertiary/aromatic N) is 5. The number of carbonyl (C=O) groups excluding carboxylic acids is 1. The van der Waals surface area contributed by atoms with Crippen LogP contribution in [0.3, 0.4) is 0 Å². The van der Waals surface area contributed by atoms with Crippen LogP contribution in [-0.2, 0) is 0 Å².